The fourth-order valence-electron chi connectivity index (χ4n) is 1.67. The lowest BCUT2D eigenvalue weighted by Crippen LogP contribution is -1.97. The summed E-state index contributed by atoms with van der Waals surface area (Å²) in [6, 6.07) is 2.19. The Hall–Kier alpha value is -1.38. The van der Waals surface area contributed by atoms with Gasteiger partial charge in [-0.25, -0.2) is 9.67 Å². The lowest BCUT2D eigenvalue weighted by molar-refractivity contribution is 0.676. The van der Waals surface area contributed by atoms with Crippen molar-refractivity contribution in [1.82, 2.24) is 14.8 Å². The van der Waals surface area contributed by atoms with Crippen LogP contribution in [0.15, 0.2) is 18.5 Å². The summed E-state index contributed by atoms with van der Waals surface area (Å²) in [4.78, 5) is 4.43. The molecule has 2 aromatic heterocycles. The van der Waals surface area contributed by atoms with E-state index in [2.05, 4.69) is 30.0 Å². The van der Waals surface area contributed by atoms with Gasteiger partial charge in [-0.15, -0.1) is 0 Å². The molecule has 0 aliphatic carbocycles. The van der Waals surface area contributed by atoms with E-state index in [1.54, 1.807) is 0 Å². The molecule has 0 bridgehead atoms. The van der Waals surface area contributed by atoms with Gasteiger partial charge in [-0.05, 0) is 25.0 Å². The topological polar surface area (TPSA) is 30.7 Å². The Bertz CT molecular complexity index is 431. The fourth-order valence-corrected chi connectivity index (χ4v) is 1.67. The first-order chi connectivity index (χ1) is 6.85. The summed E-state index contributed by atoms with van der Waals surface area (Å²) in [7, 11) is 0. The maximum Gasteiger partial charge on any atom is 0.157 e. The molecule has 0 atom stereocenters. The molecular formula is C11H15N3. The first-order valence-corrected chi connectivity index (χ1v) is 5.15. The quantitative estimate of drug-likeness (QED) is 0.742. The predicted molar refractivity (Wildman–Crippen MR) is 57.2 cm³/mol. The van der Waals surface area contributed by atoms with Gasteiger partial charge in [-0.1, -0.05) is 13.3 Å². The zero-order chi connectivity index (χ0) is 9.97. The summed E-state index contributed by atoms with van der Waals surface area (Å²) in [6.07, 6.45) is 6.11. The standard InChI is InChI=1S/C11H15N3/c1-3-5-9-6-10-8-13-14(4-2)11(10)12-7-9/h6-8H,3-5H2,1-2H3. The van der Waals surface area contributed by atoms with Crippen molar-refractivity contribution >= 4 is 11.0 Å². The molecule has 0 N–H and O–H groups in total. The number of nitrogens with zero attached hydrogens (tertiary/aromatic N) is 3. The van der Waals surface area contributed by atoms with E-state index >= 15 is 0 Å². The van der Waals surface area contributed by atoms with Crippen molar-refractivity contribution < 1.29 is 0 Å². The van der Waals surface area contributed by atoms with Crippen molar-refractivity contribution in [2.45, 2.75) is 33.2 Å². The second-order valence-electron chi connectivity index (χ2n) is 3.47. The molecule has 14 heavy (non-hydrogen) atoms. The Morgan fingerprint density at radius 3 is 2.86 bits per heavy atom. The van der Waals surface area contributed by atoms with Gasteiger partial charge < -0.3 is 0 Å². The predicted octanol–water partition coefficient (Wildman–Crippen LogP) is 2.40. The highest BCUT2D eigenvalue weighted by atomic mass is 15.3. The Balaban J connectivity index is 2.46. The lowest BCUT2D eigenvalue weighted by Gasteiger charge is -1.99. The maximum absolute atomic E-state index is 4.43. The van der Waals surface area contributed by atoms with Crippen molar-refractivity contribution in [1.29, 1.82) is 0 Å². The molecule has 0 unspecified atom stereocenters. The van der Waals surface area contributed by atoms with Crippen LogP contribution in [-0.4, -0.2) is 14.8 Å². The van der Waals surface area contributed by atoms with Crippen molar-refractivity contribution in [2.75, 3.05) is 0 Å². The van der Waals surface area contributed by atoms with E-state index in [4.69, 9.17) is 0 Å². The van der Waals surface area contributed by atoms with E-state index < -0.39 is 0 Å². The first-order valence-electron chi connectivity index (χ1n) is 5.15. The monoisotopic (exact) mass is 189 g/mol. The second-order valence-corrected chi connectivity index (χ2v) is 3.47. The highest BCUT2D eigenvalue weighted by Crippen LogP contribution is 2.13. The van der Waals surface area contributed by atoms with Gasteiger partial charge >= 0.3 is 0 Å². The van der Waals surface area contributed by atoms with Crippen LogP contribution in [0, 0.1) is 0 Å². The van der Waals surface area contributed by atoms with Gasteiger partial charge in [0, 0.05) is 18.1 Å². The molecule has 2 rings (SSSR count). The molecule has 0 aliphatic rings. The van der Waals surface area contributed by atoms with Crippen LogP contribution in [0.2, 0.25) is 0 Å². The number of aromatic nitrogens is 3. The average molecular weight is 189 g/mol. The third-order valence-corrected chi connectivity index (χ3v) is 2.37. The normalized spacial score (nSPS) is 11.0. The van der Waals surface area contributed by atoms with Gasteiger partial charge in [0.2, 0.25) is 0 Å². The average Bonchev–Trinajstić information content (AvgIpc) is 2.60. The van der Waals surface area contributed by atoms with Gasteiger partial charge in [0.1, 0.15) is 0 Å². The SMILES string of the molecule is CCCc1cnc2c(cnn2CC)c1. The molecule has 0 aliphatic heterocycles. The van der Waals surface area contributed by atoms with Crippen LogP contribution in [0.25, 0.3) is 11.0 Å². The molecule has 74 valence electrons. The highest BCUT2D eigenvalue weighted by Gasteiger charge is 2.02. The van der Waals surface area contributed by atoms with Crippen molar-refractivity contribution in [3.05, 3.63) is 24.0 Å². The van der Waals surface area contributed by atoms with E-state index in [0.717, 1.165) is 30.4 Å². The number of fused-ring (bicyclic) bond motifs is 1. The van der Waals surface area contributed by atoms with Gasteiger partial charge in [0.05, 0.1) is 6.20 Å². The number of hydrogen-bond donors (Lipinski definition) is 0. The number of hydrogen-bond acceptors (Lipinski definition) is 2. The minimum atomic E-state index is 0.879. The summed E-state index contributed by atoms with van der Waals surface area (Å²) in [5.74, 6) is 0. The van der Waals surface area contributed by atoms with Gasteiger partial charge in [0.25, 0.3) is 0 Å². The molecule has 3 heteroatoms. The van der Waals surface area contributed by atoms with Gasteiger partial charge in [-0.2, -0.15) is 5.10 Å². The molecule has 3 nitrogen and oxygen atoms in total. The Morgan fingerprint density at radius 2 is 2.14 bits per heavy atom. The van der Waals surface area contributed by atoms with E-state index in [-0.39, 0.29) is 0 Å². The molecule has 2 aromatic rings. The zero-order valence-corrected chi connectivity index (χ0v) is 8.70. The van der Waals surface area contributed by atoms with Crippen LogP contribution in [0.5, 0.6) is 0 Å². The Labute approximate surface area is 83.8 Å². The number of aryl methyl sites for hydroxylation is 2. The molecule has 0 saturated heterocycles. The van der Waals surface area contributed by atoms with Crippen LogP contribution in [-0.2, 0) is 13.0 Å². The Kier molecular flexibility index (Phi) is 2.48. The molecule has 0 fully saturated rings. The second kappa shape index (κ2) is 3.78. The van der Waals surface area contributed by atoms with Crippen LogP contribution in [0.4, 0.5) is 0 Å². The molecule has 0 amide bonds. The fraction of sp³-hybridized carbons (Fsp3) is 0.455. The largest absolute Gasteiger partial charge is 0.248 e. The number of pyridine rings is 1. The molecule has 0 aromatic carbocycles. The Morgan fingerprint density at radius 1 is 1.29 bits per heavy atom. The summed E-state index contributed by atoms with van der Waals surface area (Å²) in [5, 5.41) is 5.42. The minimum absolute atomic E-state index is 0.879. The summed E-state index contributed by atoms with van der Waals surface area (Å²) >= 11 is 0. The summed E-state index contributed by atoms with van der Waals surface area (Å²) < 4.78 is 1.92. The van der Waals surface area contributed by atoms with E-state index in [1.807, 2.05) is 17.1 Å². The summed E-state index contributed by atoms with van der Waals surface area (Å²) in [6.45, 7) is 5.14. The number of rotatable bonds is 3. The van der Waals surface area contributed by atoms with E-state index in [9.17, 15) is 0 Å². The highest BCUT2D eigenvalue weighted by molar-refractivity contribution is 5.74. The van der Waals surface area contributed by atoms with Crippen LogP contribution in [0.1, 0.15) is 25.8 Å². The summed E-state index contributed by atoms with van der Waals surface area (Å²) in [5.41, 5.74) is 2.29. The van der Waals surface area contributed by atoms with Crippen molar-refractivity contribution in [3.63, 3.8) is 0 Å². The third kappa shape index (κ3) is 1.50. The third-order valence-electron chi connectivity index (χ3n) is 2.37. The van der Waals surface area contributed by atoms with Crippen LogP contribution >= 0.6 is 0 Å². The first kappa shape index (κ1) is 9.19. The van der Waals surface area contributed by atoms with E-state index in [0.29, 0.717) is 0 Å². The molecule has 0 radical (unpaired) electrons. The van der Waals surface area contributed by atoms with Gasteiger partial charge in [0.15, 0.2) is 5.65 Å². The van der Waals surface area contributed by atoms with Crippen molar-refractivity contribution in [2.24, 2.45) is 0 Å². The maximum atomic E-state index is 4.43. The molecule has 0 saturated carbocycles. The van der Waals surface area contributed by atoms with Crippen LogP contribution < -0.4 is 0 Å². The molecule has 2 heterocycles. The minimum Gasteiger partial charge on any atom is -0.248 e. The molecular weight excluding hydrogens is 174 g/mol. The smallest absolute Gasteiger partial charge is 0.157 e. The zero-order valence-electron chi connectivity index (χ0n) is 8.70. The van der Waals surface area contributed by atoms with E-state index in [1.165, 1.54) is 5.56 Å². The molecule has 0 spiro atoms. The van der Waals surface area contributed by atoms with Gasteiger partial charge in [-0.3, -0.25) is 0 Å². The van der Waals surface area contributed by atoms with Crippen molar-refractivity contribution in [3.8, 4) is 0 Å². The lowest BCUT2D eigenvalue weighted by atomic mass is 10.1. The van der Waals surface area contributed by atoms with Crippen LogP contribution in [0.3, 0.4) is 0 Å².